The fraction of sp³-hybridized carbons (Fsp3) is 0.444. The van der Waals surface area contributed by atoms with Gasteiger partial charge in [-0.15, -0.1) is 0 Å². The number of piperidine rings is 1. The van der Waals surface area contributed by atoms with E-state index in [0.29, 0.717) is 0 Å². The highest BCUT2D eigenvalue weighted by Gasteiger charge is 2.13. The van der Waals surface area contributed by atoms with Crippen LogP contribution in [0.2, 0.25) is 0 Å². The van der Waals surface area contributed by atoms with Gasteiger partial charge in [0.2, 0.25) is 0 Å². The number of hydrogen-bond acceptors (Lipinski definition) is 5. The molecule has 1 fully saturated rings. The van der Waals surface area contributed by atoms with Gasteiger partial charge in [-0.1, -0.05) is 18.6 Å². The Morgan fingerprint density at radius 3 is 2.87 bits per heavy atom. The maximum atomic E-state index is 5.93. The van der Waals surface area contributed by atoms with Gasteiger partial charge in [0.15, 0.2) is 11.4 Å². The van der Waals surface area contributed by atoms with Gasteiger partial charge in [-0.3, -0.25) is 0 Å². The third-order valence-corrected chi connectivity index (χ3v) is 4.55. The third-order valence-electron chi connectivity index (χ3n) is 4.55. The zero-order valence-corrected chi connectivity index (χ0v) is 13.3. The molecule has 1 aliphatic rings. The molecule has 0 spiro atoms. The van der Waals surface area contributed by atoms with Crippen LogP contribution in [0.4, 0.5) is 5.82 Å². The smallest absolute Gasteiger partial charge is 0.196 e. The van der Waals surface area contributed by atoms with E-state index in [4.69, 9.17) is 4.42 Å². The van der Waals surface area contributed by atoms with Crippen molar-refractivity contribution in [3.63, 3.8) is 0 Å². The van der Waals surface area contributed by atoms with E-state index in [1.165, 1.54) is 32.4 Å². The Bertz CT molecular complexity index is 792. The topological polar surface area (TPSA) is 54.2 Å². The standard InChI is InChI=1S/C18H22N4O/c1-4-10-22(11-5-1)12-6-9-19-18-17-16(20-13-21-18)14-7-2-3-8-15(14)23-17/h2-3,7-8,13H,1,4-6,9-12H2,(H,19,20,21). The summed E-state index contributed by atoms with van der Waals surface area (Å²) in [6, 6.07) is 7.99. The molecule has 0 saturated carbocycles. The lowest BCUT2D eigenvalue weighted by atomic mass is 10.1. The van der Waals surface area contributed by atoms with Crippen molar-refractivity contribution in [3.8, 4) is 0 Å². The highest BCUT2D eigenvalue weighted by Crippen LogP contribution is 2.30. The van der Waals surface area contributed by atoms with Gasteiger partial charge in [0.1, 0.15) is 17.4 Å². The first-order valence-corrected chi connectivity index (χ1v) is 8.50. The molecule has 23 heavy (non-hydrogen) atoms. The second-order valence-electron chi connectivity index (χ2n) is 6.18. The summed E-state index contributed by atoms with van der Waals surface area (Å²) in [5.41, 5.74) is 2.50. The Morgan fingerprint density at radius 2 is 1.96 bits per heavy atom. The van der Waals surface area contributed by atoms with Gasteiger partial charge >= 0.3 is 0 Å². The maximum absolute atomic E-state index is 5.93. The molecule has 0 unspecified atom stereocenters. The molecule has 0 radical (unpaired) electrons. The molecule has 5 heteroatoms. The third kappa shape index (κ3) is 3.01. The average Bonchev–Trinajstić information content (AvgIpc) is 2.99. The van der Waals surface area contributed by atoms with Crippen molar-refractivity contribution >= 4 is 27.9 Å². The van der Waals surface area contributed by atoms with Crippen molar-refractivity contribution in [1.29, 1.82) is 0 Å². The van der Waals surface area contributed by atoms with Gasteiger partial charge < -0.3 is 14.6 Å². The summed E-state index contributed by atoms with van der Waals surface area (Å²) >= 11 is 0. The predicted octanol–water partition coefficient (Wildman–Crippen LogP) is 3.66. The monoisotopic (exact) mass is 310 g/mol. The predicted molar refractivity (Wildman–Crippen MR) is 92.7 cm³/mol. The molecule has 0 atom stereocenters. The van der Waals surface area contributed by atoms with Crippen LogP contribution in [0.25, 0.3) is 22.1 Å². The number of nitrogens with one attached hydrogen (secondary N) is 1. The molecule has 5 nitrogen and oxygen atoms in total. The second-order valence-corrected chi connectivity index (χ2v) is 6.18. The molecule has 1 saturated heterocycles. The van der Waals surface area contributed by atoms with Gasteiger partial charge in [0.05, 0.1) is 0 Å². The van der Waals surface area contributed by atoms with E-state index in [1.807, 2.05) is 24.3 Å². The van der Waals surface area contributed by atoms with Crippen LogP contribution >= 0.6 is 0 Å². The minimum atomic E-state index is 0.756. The number of hydrogen-bond donors (Lipinski definition) is 1. The zero-order valence-electron chi connectivity index (χ0n) is 13.3. The van der Waals surface area contributed by atoms with E-state index in [1.54, 1.807) is 6.33 Å². The molecular weight excluding hydrogens is 288 g/mol. The summed E-state index contributed by atoms with van der Waals surface area (Å²) in [4.78, 5) is 11.3. The zero-order chi connectivity index (χ0) is 15.5. The van der Waals surface area contributed by atoms with E-state index in [2.05, 4.69) is 20.2 Å². The highest BCUT2D eigenvalue weighted by atomic mass is 16.3. The van der Waals surface area contributed by atoms with Crippen molar-refractivity contribution in [3.05, 3.63) is 30.6 Å². The molecule has 0 aliphatic carbocycles. The Balaban J connectivity index is 1.44. The average molecular weight is 310 g/mol. The van der Waals surface area contributed by atoms with E-state index < -0.39 is 0 Å². The van der Waals surface area contributed by atoms with Crippen LogP contribution in [0, 0.1) is 0 Å². The number of nitrogens with zero attached hydrogens (tertiary/aromatic N) is 3. The number of aromatic nitrogens is 2. The van der Waals surface area contributed by atoms with Crippen LogP contribution in [-0.4, -0.2) is 41.0 Å². The van der Waals surface area contributed by atoms with Crippen molar-refractivity contribution in [2.24, 2.45) is 0 Å². The summed E-state index contributed by atoms with van der Waals surface area (Å²) in [7, 11) is 0. The molecule has 3 aromatic rings. The van der Waals surface area contributed by atoms with Gasteiger partial charge in [0.25, 0.3) is 0 Å². The fourth-order valence-electron chi connectivity index (χ4n) is 3.34. The number of furan rings is 1. The van der Waals surface area contributed by atoms with Gasteiger partial charge in [-0.2, -0.15) is 0 Å². The summed E-state index contributed by atoms with van der Waals surface area (Å²) < 4.78 is 5.93. The molecule has 1 aliphatic heterocycles. The lowest BCUT2D eigenvalue weighted by molar-refractivity contribution is 0.228. The minimum Gasteiger partial charge on any atom is -0.450 e. The van der Waals surface area contributed by atoms with E-state index in [9.17, 15) is 0 Å². The molecule has 4 rings (SSSR count). The van der Waals surface area contributed by atoms with Crippen LogP contribution in [0.3, 0.4) is 0 Å². The van der Waals surface area contributed by atoms with Gasteiger partial charge in [0, 0.05) is 11.9 Å². The van der Waals surface area contributed by atoms with Crippen LogP contribution in [0.5, 0.6) is 0 Å². The minimum absolute atomic E-state index is 0.756. The van der Waals surface area contributed by atoms with Gasteiger partial charge in [-0.25, -0.2) is 9.97 Å². The number of benzene rings is 1. The van der Waals surface area contributed by atoms with Crippen molar-refractivity contribution in [2.45, 2.75) is 25.7 Å². The lowest BCUT2D eigenvalue weighted by Gasteiger charge is -2.26. The first-order chi connectivity index (χ1) is 11.4. The fourth-order valence-corrected chi connectivity index (χ4v) is 3.34. The molecule has 3 heterocycles. The summed E-state index contributed by atoms with van der Waals surface area (Å²) in [5, 5.41) is 4.46. The van der Waals surface area contributed by atoms with Crippen molar-refractivity contribution in [2.75, 3.05) is 31.5 Å². The van der Waals surface area contributed by atoms with Crippen LogP contribution in [0.15, 0.2) is 35.0 Å². The molecule has 120 valence electrons. The normalized spacial score (nSPS) is 16.2. The van der Waals surface area contributed by atoms with E-state index >= 15 is 0 Å². The Morgan fingerprint density at radius 1 is 1.09 bits per heavy atom. The Labute approximate surface area is 135 Å². The molecule has 1 N–H and O–H groups in total. The van der Waals surface area contributed by atoms with E-state index in [0.717, 1.165) is 47.4 Å². The van der Waals surface area contributed by atoms with Crippen molar-refractivity contribution in [1.82, 2.24) is 14.9 Å². The largest absolute Gasteiger partial charge is 0.450 e. The summed E-state index contributed by atoms with van der Waals surface area (Å²) in [6.07, 6.45) is 6.81. The maximum Gasteiger partial charge on any atom is 0.196 e. The summed E-state index contributed by atoms with van der Waals surface area (Å²) in [6.45, 7) is 4.56. The van der Waals surface area contributed by atoms with Crippen LogP contribution in [0.1, 0.15) is 25.7 Å². The first-order valence-electron chi connectivity index (χ1n) is 8.50. The second kappa shape index (κ2) is 6.54. The molecular formula is C18H22N4O. The first kappa shape index (κ1) is 14.5. The van der Waals surface area contributed by atoms with Crippen molar-refractivity contribution < 1.29 is 4.42 Å². The van der Waals surface area contributed by atoms with E-state index in [-0.39, 0.29) is 0 Å². The molecule has 2 aromatic heterocycles. The van der Waals surface area contributed by atoms with Crippen LogP contribution < -0.4 is 5.32 Å². The molecule has 0 amide bonds. The van der Waals surface area contributed by atoms with Gasteiger partial charge in [-0.05, 0) is 51.0 Å². The number of fused-ring (bicyclic) bond motifs is 3. The number of rotatable bonds is 5. The highest BCUT2D eigenvalue weighted by molar-refractivity contribution is 6.05. The summed E-state index contributed by atoms with van der Waals surface area (Å²) in [5.74, 6) is 0.796. The van der Waals surface area contributed by atoms with Crippen LogP contribution in [-0.2, 0) is 0 Å². The quantitative estimate of drug-likeness (QED) is 0.729. The Kier molecular flexibility index (Phi) is 4.11. The lowest BCUT2D eigenvalue weighted by Crippen LogP contribution is -2.31. The number of para-hydroxylation sites is 1. The molecule has 1 aromatic carbocycles. The number of likely N-dealkylation sites (tertiary alicyclic amines) is 1. The number of anilines is 1. The molecule has 0 bridgehead atoms. The Hall–Kier alpha value is -2.14. The SMILES string of the molecule is c1ccc2c(c1)oc1c(NCCCN3CCCCC3)ncnc12.